The van der Waals surface area contributed by atoms with Gasteiger partial charge in [0, 0.05) is 18.3 Å². The molecule has 0 bridgehead atoms. The summed E-state index contributed by atoms with van der Waals surface area (Å²) in [6, 6.07) is 19.2. The zero-order valence-electron chi connectivity index (χ0n) is 15.2. The van der Waals surface area contributed by atoms with Gasteiger partial charge in [-0.25, -0.2) is 0 Å². The predicted octanol–water partition coefficient (Wildman–Crippen LogP) is 4.54. The van der Waals surface area contributed by atoms with Crippen molar-refractivity contribution in [3.63, 3.8) is 0 Å². The first-order valence-corrected chi connectivity index (χ1v) is 9.32. The number of rotatable bonds is 5. The summed E-state index contributed by atoms with van der Waals surface area (Å²) in [7, 11) is 0. The Morgan fingerprint density at radius 3 is 2.85 bits per heavy atom. The molecule has 4 rings (SSSR count). The summed E-state index contributed by atoms with van der Waals surface area (Å²) in [5, 5.41) is 3.44. The molecule has 0 radical (unpaired) electrons. The van der Waals surface area contributed by atoms with Crippen LogP contribution in [0.2, 0.25) is 0 Å². The average Bonchev–Trinajstić information content (AvgIpc) is 2.72. The summed E-state index contributed by atoms with van der Waals surface area (Å²) in [5.41, 5.74) is 7.51. The topological polar surface area (TPSA) is 34.1 Å². The van der Waals surface area contributed by atoms with Crippen LogP contribution >= 0.6 is 0 Å². The van der Waals surface area contributed by atoms with Crippen molar-refractivity contribution in [2.45, 2.75) is 32.9 Å². The normalized spacial score (nSPS) is 13.3. The molecule has 132 valence electrons. The number of hydrogen-bond acceptors (Lipinski definition) is 3. The lowest BCUT2D eigenvalue weighted by molar-refractivity contribution is 0.302. The molecule has 1 aliphatic rings. The van der Waals surface area contributed by atoms with E-state index in [1.807, 2.05) is 18.2 Å². The van der Waals surface area contributed by atoms with E-state index in [-0.39, 0.29) is 0 Å². The van der Waals surface area contributed by atoms with Crippen LogP contribution < -0.4 is 10.1 Å². The van der Waals surface area contributed by atoms with Gasteiger partial charge in [0.05, 0.1) is 5.69 Å². The smallest absolute Gasteiger partial charge is 0.130 e. The molecule has 0 aliphatic carbocycles. The Balaban J connectivity index is 1.67. The number of fused-ring (bicyclic) bond motifs is 1. The Labute approximate surface area is 155 Å². The fourth-order valence-electron chi connectivity index (χ4n) is 3.43. The SMILES string of the molecule is CCc1ccc(OCc2ccccn2)c(-c2ccc3c(c2)CCNC3)c1. The van der Waals surface area contributed by atoms with Crippen LogP contribution in [0.4, 0.5) is 0 Å². The standard InChI is InChI=1S/C23H24N2O/c1-2-17-6-9-23(26-16-21-5-3-4-11-25-21)22(13-17)19-7-8-20-15-24-12-10-18(20)14-19/h3-9,11,13-14,24H,2,10,12,15-16H2,1H3. The molecule has 0 unspecified atom stereocenters. The third-order valence-corrected chi connectivity index (χ3v) is 4.96. The molecule has 26 heavy (non-hydrogen) atoms. The number of pyridine rings is 1. The van der Waals surface area contributed by atoms with E-state index >= 15 is 0 Å². The zero-order valence-corrected chi connectivity index (χ0v) is 15.2. The van der Waals surface area contributed by atoms with Crippen molar-refractivity contribution in [3.05, 3.63) is 83.2 Å². The minimum absolute atomic E-state index is 0.480. The van der Waals surface area contributed by atoms with Gasteiger partial charge in [0.1, 0.15) is 12.4 Å². The van der Waals surface area contributed by atoms with E-state index in [1.54, 1.807) is 6.20 Å². The maximum absolute atomic E-state index is 6.15. The van der Waals surface area contributed by atoms with Gasteiger partial charge in [-0.15, -0.1) is 0 Å². The van der Waals surface area contributed by atoms with Gasteiger partial charge in [0.2, 0.25) is 0 Å². The zero-order chi connectivity index (χ0) is 17.8. The second kappa shape index (κ2) is 7.71. The van der Waals surface area contributed by atoms with Crippen LogP contribution in [-0.4, -0.2) is 11.5 Å². The van der Waals surface area contributed by atoms with Gasteiger partial charge < -0.3 is 10.1 Å². The molecule has 3 aromatic rings. The summed E-state index contributed by atoms with van der Waals surface area (Å²) in [6.45, 7) is 4.68. The lowest BCUT2D eigenvalue weighted by atomic mass is 9.94. The van der Waals surface area contributed by atoms with E-state index < -0.39 is 0 Å². The first-order valence-electron chi connectivity index (χ1n) is 9.32. The van der Waals surface area contributed by atoms with Gasteiger partial charge in [-0.2, -0.15) is 0 Å². The van der Waals surface area contributed by atoms with Crippen molar-refractivity contribution in [1.29, 1.82) is 0 Å². The Morgan fingerprint density at radius 1 is 1.04 bits per heavy atom. The summed E-state index contributed by atoms with van der Waals surface area (Å²) in [6.07, 6.45) is 3.90. The minimum atomic E-state index is 0.480. The van der Waals surface area contributed by atoms with E-state index in [0.717, 1.165) is 37.4 Å². The van der Waals surface area contributed by atoms with Gasteiger partial charge in [0.15, 0.2) is 0 Å². The molecule has 2 aromatic carbocycles. The molecule has 3 heteroatoms. The number of aryl methyl sites for hydroxylation is 1. The monoisotopic (exact) mass is 344 g/mol. The van der Waals surface area contributed by atoms with E-state index in [9.17, 15) is 0 Å². The Kier molecular flexibility index (Phi) is 4.98. The van der Waals surface area contributed by atoms with Crippen molar-refractivity contribution < 1.29 is 4.74 Å². The highest BCUT2D eigenvalue weighted by Gasteiger charge is 2.13. The summed E-state index contributed by atoms with van der Waals surface area (Å²) >= 11 is 0. The van der Waals surface area contributed by atoms with Crippen LogP contribution in [0.1, 0.15) is 29.3 Å². The lowest BCUT2D eigenvalue weighted by Crippen LogP contribution is -2.23. The highest BCUT2D eigenvalue weighted by Crippen LogP contribution is 2.33. The molecule has 0 saturated heterocycles. The molecule has 0 amide bonds. The average molecular weight is 344 g/mol. The van der Waals surface area contributed by atoms with Crippen LogP contribution in [0.15, 0.2) is 60.8 Å². The number of nitrogens with one attached hydrogen (secondary N) is 1. The molecule has 1 N–H and O–H groups in total. The molecule has 1 aliphatic heterocycles. The van der Waals surface area contributed by atoms with Gasteiger partial charge in [-0.1, -0.05) is 37.3 Å². The minimum Gasteiger partial charge on any atom is -0.487 e. The molecule has 0 spiro atoms. The molecule has 2 heterocycles. The number of aromatic nitrogens is 1. The third-order valence-electron chi connectivity index (χ3n) is 4.96. The van der Waals surface area contributed by atoms with Crippen LogP contribution in [0.3, 0.4) is 0 Å². The lowest BCUT2D eigenvalue weighted by Gasteiger charge is -2.19. The van der Waals surface area contributed by atoms with Gasteiger partial charge in [-0.05, 0) is 65.9 Å². The summed E-state index contributed by atoms with van der Waals surface area (Å²) in [4.78, 5) is 4.36. The molecule has 0 fully saturated rings. The third kappa shape index (κ3) is 3.63. The van der Waals surface area contributed by atoms with Crippen LogP contribution in [0.5, 0.6) is 5.75 Å². The fourth-order valence-corrected chi connectivity index (χ4v) is 3.43. The van der Waals surface area contributed by atoms with Crippen LogP contribution in [-0.2, 0) is 26.0 Å². The Bertz CT molecular complexity index is 890. The van der Waals surface area contributed by atoms with Gasteiger partial charge >= 0.3 is 0 Å². The van der Waals surface area contributed by atoms with Crippen molar-refractivity contribution >= 4 is 0 Å². The predicted molar refractivity (Wildman–Crippen MR) is 105 cm³/mol. The van der Waals surface area contributed by atoms with Crippen molar-refractivity contribution in [1.82, 2.24) is 10.3 Å². The number of nitrogens with zero attached hydrogens (tertiary/aromatic N) is 1. The van der Waals surface area contributed by atoms with E-state index in [2.05, 4.69) is 53.6 Å². The summed E-state index contributed by atoms with van der Waals surface area (Å²) < 4.78 is 6.15. The maximum Gasteiger partial charge on any atom is 0.130 e. The van der Waals surface area contributed by atoms with Crippen molar-refractivity contribution in [3.8, 4) is 16.9 Å². The molecular weight excluding hydrogens is 320 g/mol. The largest absolute Gasteiger partial charge is 0.487 e. The number of hydrogen-bond donors (Lipinski definition) is 1. The van der Waals surface area contributed by atoms with E-state index in [4.69, 9.17) is 4.74 Å². The van der Waals surface area contributed by atoms with Crippen LogP contribution in [0, 0.1) is 0 Å². The van der Waals surface area contributed by atoms with E-state index in [0.29, 0.717) is 6.61 Å². The van der Waals surface area contributed by atoms with Crippen molar-refractivity contribution in [2.24, 2.45) is 0 Å². The maximum atomic E-state index is 6.15. The second-order valence-electron chi connectivity index (χ2n) is 6.70. The highest BCUT2D eigenvalue weighted by atomic mass is 16.5. The van der Waals surface area contributed by atoms with Gasteiger partial charge in [-0.3, -0.25) is 4.98 Å². The Morgan fingerprint density at radius 2 is 2.00 bits per heavy atom. The first kappa shape index (κ1) is 16.8. The van der Waals surface area contributed by atoms with Gasteiger partial charge in [0.25, 0.3) is 0 Å². The quantitative estimate of drug-likeness (QED) is 0.738. The fraction of sp³-hybridized carbons (Fsp3) is 0.261. The molecule has 0 saturated carbocycles. The summed E-state index contributed by atoms with van der Waals surface area (Å²) in [5.74, 6) is 0.918. The highest BCUT2D eigenvalue weighted by molar-refractivity contribution is 5.72. The van der Waals surface area contributed by atoms with Crippen molar-refractivity contribution in [2.75, 3.05) is 6.54 Å². The number of benzene rings is 2. The molecule has 3 nitrogen and oxygen atoms in total. The molecule has 0 atom stereocenters. The number of ether oxygens (including phenoxy) is 1. The van der Waals surface area contributed by atoms with Crippen LogP contribution in [0.25, 0.3) is 11.1 Å². The van der Waals surface area contributed by atoms with E-state index in [1.165, 1.54) is 27.8 Å². The Hall–Kier alpha value is -2.65. The molecular formula is C23H24N2O. The second-order valence-corrected chi connectivity index (χ2v) is 6.70. The molecule has 1 aromatic heterocycles. The first-order chi connectivity index (χ1) is 12.8.